The maximum atomic E-state index is 10.9. The number of rotatable bonds is 4. The number of halogens is 1. The third-order valence-electron chi connectivity index (χ3n) is 3.74. The van der Waals surface area contributed by atoms with Gasteiger partial charge in [-0.05, 0) is 52.5 Å². The van der Waals surface area contributed by atoms with Crippen LogP contribution in [0.25, 0.3) is 0 Å². The van der Waals surface area contributed by atoms with Crippen LogP contribution in [-0.2, 0) is 6.54 Å². The van der Waals surface area contributed by atoms with Gasteiger partial charge in [0, 0.05) is 19.2 Å². The van der Waals surface area contributed by atoms with Gasteiger partial charge in [0.05, 0.1) is 9.40 Å². The van der Waals surface area contributed by atoms with Crippen molar-refractivity contribution in [2.24, 2.45) is 11.1 Å². The van der Waals surface area contributed by atoms with Crippen molar-refractivity contribution >= 4 is 21.6 Å². The molecule has 1 heterocycles. The molecule has 0 amide bonds. The summed E-state index contributed by atoms with van der Waals surface area (Å²) in [5.41, 5.74) is 7.06. The van der Waals surface area contributed by atoms with E-state index in [0.29, 0.717) is 11.0 Å². The van der Waals surface area contributed by atoms with Gasteiger partial charge in [-0.15, -0.1) is 0 Å². The number of hydrogen-bond acceptors (Lipinski definition) is 4. The average Bonchev–Trinajstić information content (AvgIpc) is 2.74. The molecular weight excluding hydrogens is 310 g/mol. The molecule has 0 aromatic heterocycles. The standard InChI is InChI=1S/C13H18BrN3O2/c1-13(8-15)4-5-16(9-13)7-10-2-3-11(14)12(6-10)17(18)19/h2-3,6H,4-5,7-9,15H2,1H3. The Morgan fingerprint density at radius 2 is 2.32 bits per heavy atom. The molecule has 6 heteroatoms. The Morgan fingerprint density at radius 3 is 2.89 bits per heavy atom. The Bertz CT molecular complexity index is 495. The number of nitro benzene ring substituents is 1. The Balaban J connectivity index is 2.09. The summed E-state index contributed by atoms with van der Waals surface area (Å²) in [7, 11) is 0. The lowest BCUT2D eigenvalue weighted by Crippen LogP contribution is -2.31. The lowest BCUT2D eigenvalue weighted by Gasteiger charge is -2.22. The van der Waals surface area contributed by atoms with Crippen LogP contribution in [0.2, 0.25) is 0 Å². The van der Waals surface area contributed by atoms with Crippen LogP contribution in [0.5, 0.6) is 0 Å². The summed E-state index contributed by atoms with van der Waals surface area (Å²) >= 11 is 3.20. The second-order valence-corrected chi connectivity index (χ2v) is 6.37. The number of hydrogen-bond donors (Lipinski definition) is 1. The lowest BCUT2D eigenvalue weighted by atomic mass is 9.90. The highest BCUT2D eigenvalue weighted by molar-refractivity contribution is 9.10. The second kappa shape index (κ2) is 5.56. The fraction of sp³-hybridized carbons (Fsp3) is 0.538. The molecule has 0 bridgehead atoms. The number of benzene rings is 1. The molecule has 1 aromatic carbocycles. The zero-order chi connectivity index (χ0) is 14.0. The topological polar surface area (TPSA) is 72.4 Å². The van der Waals surface area contributed by atoms with Gasteiger partial charge in [-0.25, -0.2) is 0 Å². The largest absolute Gasteiger partial charge is 0.330 e. The van der Waals surface area contributed by atoms with Crippen molar-refractivity contribution < 1.29 is 4.92 Å². The normalized spacial score (nSPS) is 23.7. The molecule has 2 N–H and O–H groups in total. The van der Waals surface area contributed by atoms with Crippen molar-refractivity contribution in [2.45, 2.75) is 19.9 Å². The molecule has 19 heavy (non-hydrogen) atoms. The van der Waals surface area contributed by atoms with Crippen molar-refractivity contribution in [3.8, 4) is 0 Å². The maximum absolute atomic E-state index is 10.9. The molecule has 2 rings (SSSR count). The zero-order valence-corrected chi connectivity index (χ0v) is 12.5. The van der Waals surface area contributed by atoms with Crippen LogP contribution < -0.4 is 5.73 Å². The summed E-state index contributed by atoms with van der Waals surface area (Å²) in [6.45, 7) is 5.57. The number of nitrogens with two attached hydrogens (primary N) is 1. The first kappa shape index (κ1) is 14.4. The Morgan fingerprint density at radius 1 is 1.58 bits per heavy atom. The second-order valence-electron chi connectivity index (χ2n) is 5.52. The van der Waals surface area contributed by atoms with Gasteiger partial charge in [-0.2, -0.15) is 0 Å². The molecule has 1 fully saturated rings. The van der Waals surface area contributed by atoms with Gasteiger partial charge in [0.25, 0.3) is 5.69 Å². The Kier molecular flexibility index (Phi) is 4.23. The molecule has 1 aliphatic rings. The minimum atomic E-state index is -0.360. The average molecular weight is 328 g/mol. The molecule has 5 nitrogen and oxygen atoms in total. The van der Waals surface area contributed by atoms with E-state index in [1.54, 1.807) is 12.1 Å². The Labute approximate surface area is 121 Å². The smallest absolute Gasteiger partial charge is 0.283 e. The lowest BCUT2D eigenvalue weighted by molar-refractivity contribution is -0.385. The van der Waals surface area contributed by atoms with E-state index >= 15 is 0 Å². The van der Waals surface area contributed by atoms with Crippen LogP contribution in [0.4, 0.5) is 5.69 Å². The van der Waals surface area contributed by atoms with E-state index in [2.05, 4.69) is 27.8 Å². The maximum Gasteiger partial charge on any atom is 0.283 e. The van der Waals surface area contributed by atoms with Gasteiger partial charge in [0.15, 0.2) is 0 Å². The van der Waals surface area contributed by atoms with Crippen molar-refractivity contribution in [1.82, 2.24) is 4.90 Å². The highest BCUT2D eigenvalue weighted by Gasteiger charge is 2.32. The molecule has 0 saturated carbocycles. The van der Waals surface area contributed by atoms with Crippen molar-refractivity contribution in [3.63, 3.8) is 0 Å². The van der Waals surface area contributed by atoms with Crippen LogP contribution in [0.1, 0.15) is 18.9 Å². The molecule has 1 aliphatic heterocycles. The van der Waals surface area contributed by atoms with Crippen LogP contribution >= 0.6 is 15.9 Å². The summed E-state index contributed by atoms with van der Waals surface area (Å²) in [4.78, 5) is 12.9. The summed E-state index contributed by atoms with van der Waals surface area (Å²) in [6, 6.07) is 5.31. The van der Waals surface area contributed by atoms with Gasteiger partial charge in [-0.3, -0.25) is 15.0 Å². The van der Waals surface area contributed by atoms with E-state index in [4.69, 9.17) is 5.73 Å². The minimum Gasteiger partial charge on any atom is -0.330 e. The summed E-state index contributed by atoms with van der Waals surface area (Å²) in [5.74, 6) is 0. The molecular formula is C13H18BrN3O2. The first-order chi connectivity index (χ1) is 8.93. The minimum absolute atomic E-state index is 0.123. The number of nitro groups is 1. The zero-order valence-electron chi connectivity index (χ0n) is 10.9. The third kappa shape index (κ3) is 3.32. The Hall–Kier alpha value is -0.980. The van der Waals surface area contributed by atoms with E-state index < -0.39 is 0 Å². The molecule has 0 spiro atoms. The van der Waals surface area contributed by atoms with Gasteiger partial charge >= 0.3 is 0 Å². The number of nitrogens with zero attached hydrogens (tertiary/aromatic N) is 2. The highest BCUT2D eigenvalue weighted by atomic mass is 79.9. The van der Waals surface area contributed by atoms with Crippen LogP contribution in [0.3, 0.4) is 0 Å². The predicted octanol–water partition coefficient (Wildman–Crippen LogP) is 2.53. The van der Waals surface area contributed by atoms with E-state index in [9.17, 15) is 10.1 Å². The molecule has 0 aliphatic carbocycles. The van der Waals surface area contributed by atoms with Gasteiger partial charge in [0.2, 0.25) is 0 Å². The molecule has 1 aromatic rings. The first-order valence-electron chi connectivity index (χ1n) is 6.29. The summed E-state index contributed by atoms with van der Waals surface area (Å²) in [5, 5.41) is 10.9. The van der Waals surface area contributed by atoms with Crippen molar-refractivity contribution in [3.05, 3.63) is 38.3 Å². The molecule has 0 radical (unpaired) electrons. The summed E-state index contributed by atoms with van der Waals surface area (Å²) < 4.78 is 0.523. The van der Waals surface area contributed by atoms with Crippen molar-refractivity contribution in [2.75, 3.05) is 19.6 Å². The fourth-order valence-corrected chi connectivity index (χ4v) is 2.87. The molecule has 1 saturated heterocycles. The van der Waals surface area contributed by atoms with E-state index in [1.165, 1.54) is 0 Å². The van der Waals surface area contributed by atoms with E-state index in [1.807, 2.05) is 6.07 Å². The van der Waals surface area contributed by atoms with Gasteiger partial charge in [0.1, 0.15) is 0 Å². The summed E-state index contributed by atoms with van der Waals surface area (Å²) in [6.07, 6.45) is 1.09. The van der Waals surface area contributed by atoms with E-state index in [-0.39, 0.29) is 16.0 Å². The van der Waals surface area contributed by atoms with Crippen LogP contribution in [0.15, 0.2) is 22.7 Å². The molecule has 1 unspecified atom stereocenters. The molecule has 104 valence electrons. The predicted molar refractivity (Wildman–Crippen MR) is 77.9 cm³/mol. The number of likely N-dealkylation sites (tertiary alicyclic amines) is 1. The van der Waals surface area contributed by atoms with Crippen LogP contribution in [-0.4, -0.2) is 29.5 Å². The third-order valence-corrected chi connectivity index (χ3v) is 4.41. The monoisotopic (exact) mass is 327 g/mol. The van der Waals surface area contributed by atoms with Gasteiger partial charge < -0.3 is 5.73 Å². The van der Waals surface area contributed by atoms with E-state index in [0.717, 1.165) is 31.6 Å². The first-order valence-corrected chi connectivity index (χ1v) is 7.08. The highest BCUT2D eigenvalue weighted by Crippen LogP contribution is 2.31. The fourth-order valence-electron chi connectivity index (χ4n) is 2.48. The van der Waals surface area contributed by atoms with Crippen LogP contribution in [0, 0.1) is 15.5 Å². The molecule has 1 atom stereocenters. The SMILES string of the molecule is CC1(CN)CCN(Cc2ccc(Br)c([N+](=O)[O-])c2)C1. The van der Waals surface area contributed by atoms with Crippen molar-refractivity contribution in [1.29, 1.82) is 0 Å². The van der Waals surface area contributed by atoms with Gasteiger partial charge in [-0.1, -0.05) is 13.0 Å². The quantitative estimate of drug-likeness (QED) is 0.681.